The fourth-order valence-corrected chi connectivity index (χ4v) is 4.13. The zero-order valence-corrected chi connectivity index (χ0v) is 16.0. The number of hydrogen-bond donors (Lipinski definition) is 2. The van der Waals surface area contributed by atoms with Gasteiger partial charge in [0.05, 0.1) is 11.6 Å². The molecule has 4 atom stereocenters. The number of benzene rings is 1. The zero-order valence-electron chi connectivity index (χ0n) is 16.0. The van der Waals surface area contributed by atoms with Gasteiger partial charge < -0.3 is 10.2 Å². The van der Waals surface area contributed by atoms with E-state index in [9.17, 15) is 10.2 Å². The number of rotatable bonds is 6. The Labute approximate surface area is 150 Å². The van der Waals surface area contributed by atoms with Crippen molar-refractivity contribution >= 4 is 0 Å². The van der Waals surface area contributed by atoms with E-state index in [0.29, 0.717) is 29.9 Å². The molecule has 0 fully saturated rings. The highest BCUT2D eigenvalue weighted by Gasteiger charge is 2.32. The number of phenols is 1. The lowest BCUT2D eigenvalue weighted by atomic mass is 9.70. The van der Waals surface area contributed by atoms with Crippen molar-refractivity contribution in [2.75, 3.05) is 0 Å². The number of phenolic OH excluding ortho intramolecular Hbond substituents is 1. The Hall–Kier alpha value is -1.71. The first-order chi connectivity index (χ1) is 11.7. The summed E-state index contributed by atoms with van der Waals surface area (Å²) in [7, 11) is 0. The maximum absolute atomic E-state index is 10.4. The minimum absolute atomic E-state index is 0.383. The van der Waals surface area contributed by atoms with Gasteiger partial charge >= 0.3 is 0 Å². The Morgan fingerprint density at radius 2 is 2.00 bits per heavy atom. The van der Waals surface area contributed by atoms with Crippen LogP contribution in [0.2, 0.25) is 0 Å². The molecule has 0 spiro atoms. The number of aryl methyl sites for hydroxylation is 1. The van der Waals surface area contributed by atoms with Gasteiger partial charge in [0.25, 0.3) is 0 Å². The highest BCUT2D eigenvalue weighted by Crippen LogP contribution is 2.47. The minimum atomic E-state index is -0.789. The molecule has 1 aliphatic carbocycles. The minimum Gasteiger partial charge on any atom is -0.508 e. The predicted octanol–water partition coefficient (Wildman–Crippen LogP) is 5.55. The zero-order chi connectivity index (χ0) is 18.8. The average Bonchev–Trinajstić information content (AvgIpc) is 2.51. The Morgan fingerprint density at radius 1 is 1.32 bits per heavy atom. The van der Waals surface area contributed by atoms with Gasteiger partial charge in [-0.2, -0.15) is 0 Å². The number of aliphatic hydroxyl groups is 1. The van der Waals surface area contributed by atoms with Crippen LogP contribution in [-0.2, 0) is 0 Å². The standard InChI is InChI=1S/C20H31N3O2/c1-12-10-16-15(8-6-14(3)19(16)17(24)11-12)13(2)7-9-18(25)20(4,5)22-23-21/h10-11,13-15,18,24-25H,6-9H2,1-5H3/t13-,14+,15?,18?/m0/s1. The average molecular weight is 345 g/mol. The second kappa shape index (κ2) is 7.67. The highest BCUT2D eigenvalue weighted by molar-refractivity contribution is 5.48. The quantitative estimate of drug-likeness (QED) is 0.402. The molecule has 2 rings (SSSR count). The molecule has 0 aliphatic heterocycles. The van der Waals surface area contributed by atoms with Gasteiger partial charge in [-0.25, -0.2) is 0 Å². The van der Waals surface area contributed by atoms with Crippen molar-refractivity contribution in [2.45, 2.75) is 83.8 Å². The summed E-state index contributed by atoms with van der Waals surface area (Å²) in [6.45, 7) is 9.95. The fraction of sp³-hybridized carbons (Fsp3) is 0.700. The van der Waals surface area contributed by atoms with E-state index in [1.54, 1.807) is 13.8 Å². The Kier molecular flexibility index (Phi) is 6.02. The molecule has 0 bridgehead atoms. The van der Waals surface area contributed by atoms with Crippen molar-refractivity contribution in [1.82, 2.24) is 0 Å². The van der Waals surface area contributed by atoms with Gasteiger partial charge in [-0.15, -0.1) is 0 Å². The molecule has 25 heavy (non-hydrogen) atoms. The first-order valence-electron chi connectivity index (χ1n) is 9.25. The van der Waals surface area contributed by atoms with Crippen LogP contribution in [0, 0.1) is 12.8 Å². The van der Waals surface area contributed by atoms with Crippen LogP contribution < -0.4 is 0 Å². The normalized spacial score (nSPS) is 22.6. The van der Waals surface area contributed by atoms with Crippen LogP contribution in [0.1, 0.15) is 81.9 Å². The molecule has 1 aliphatic rings. The predicted molar refractivity (Wildman–Crippen MR) is 101 cm³/mol. The molecule has 1 aromatic rings. The molecule has 0 heterocycles. The largest absolute Gasteiger partial charge is 0.508 e. The Morgan fingerprint density at radius 3 is 2.64 bits per heavy atom. The molecule has 138 valence electrons. The first-order valence-corrected chi connectivity index (χ1v) is 9.25. The summed E-state index contributed by atoms with van der Waals surface area (Å²) < 4.78 is 0. The van der Waals surface area contributed by atoms with Gasteiger partial charge in [-0.05, 0) is 73.1 Å². The van der Waals surface area contributed by atoms with Gasteiger partial charge in [-0.3, -0.25) is 0 Å². The lowest BCUT2D eigenvalue weighted by Gasteiger charge is -2.35. The van der Waals surface area contributed by atoms with E-state index in [0.717, 1.165) is 30.4 Å². The Balaban J connectivity index is 2.15. The van der Waals surface area contributed by atoms with Crippen molar-refractivity contribution in [3.05, 3.63) is 39.3 Å². The van der Waals surface area contributed by atoms with Gasteiger partial charge in [0.1, 0.15) is 5.75 Å². The molecule has 0 aromatic heterocycles. The van der Waals surface area contributed by atoms with E-state index in [1.807, 2.05) is 13.0 Å². The van der Waals surface area contributed by atoms with Crippen molar-refractivity contribution in [1.29, 1.82) is 0 Å². The van der Waals surface area contributed by atoms with Crippen LogP contribution in [0.4, 0.5) is 0 Å². The van der Waals surface area contributed by atoms with Gasteiger partial charge in [0.2, 0.25) is 0 Å². The molecule has 1 aromatic carbocycles. The molecule has 5 nitrogen and oxygen atoms in total. The van der Waals surface area contributed by atoms with Crippen LogP contribution in [0.3, 0.4) is 0 Å². The lowest BCUT2D eigenvalue weighted by Crippen LogP contribution is -2.34. The number of fused-ring (bicyclic) bond motifs is 1. The summed E-state index contributed by atoms with van der Waals surface area (Å²) in [5.41, 5.74) is 11.3. The molecular weight excluding hydrogens is 314 g/mol. The monoisotopic (exact) mass is 345 g/mol. The Bertz CT molecular complexity index is 665. The van der Waals surface area contributed by atoms with E-state index in [1.165, 1.54) is 5.56 Å². The second-order valence-electron chi connectivity index (χ2n) is 8.29. The van der Waals surface area contributed by atoms with E-state index >= 15 is 0 Å². The van der Waals surface area contributed by atoms with Crippen LogP contribution >= 0.6 is 0 Å². The first kappa shape index (κ1) is 19.6. The molecule has 0 amide bonds. The van der Waals surface area contributed by atoms with Crippen LogP contribution in [-0.4, -0.2) is 21.9 Å². The number of aromatic hydroxyl groups is 1. The van der Waals surface area contributed by atoms with Crippen LogP contribution in [0.15, 0.2) is 17.2 Å². The van der Waals surface area contributed by atoms with Crippen molar-refractivity contribution in [3.63, 3.8) is 0 Å². The molecule has 2 N–H and O–H groups in total. The molecule has 0 saturated carbocycles. The summed E-state index contributed by atoms with van der Waals surface area (Å²) in [6.07, 6.45) is 2.99. The molecule has 0 radical (unpaired) electrons. The number of azide groups is 1. The molecule has 0 saturated heterocycles. The van der Waals surface area contributed by atoms with Crippen molar-refractivity contribution in [3.8, 4) is 5.75 Å². The summed E-state index contributed by atoms with van der Waals surface area (Å²) >= 11 is 0. The summed E-state index contributed by atoms with van der Waals surface area (Å²) in [5, 5.41) is 24.5. The van der Waals surface area contributed by atoms with Crippen molar-refractivity contribution in [2.24, 2.45) is 11.0 Å². The molecular formula is C20H31N3O2. The van der Waals surface area contributed by atoms with Crippen LogP contribution in [0.25, 0.3) is 10.4 Å². The smallest absolute Gasteiger partial charge is 0.119 e. The molecule has 5 heteroatoms. The van der Waals surface area contributed by atoms with E-state index in [4.69, 9.17) is 5.53 Å². The maximum atomic E-state index is 10.4. The lowest BCUT2D eigenvalue weighted by molar-refractivity contribution is 0.0872. The third kappa shape index (κ3) is 4.28. The number of aliphatic hydroxyl groups excluding tert-OH is 1. The van der Waals surface area contributed by atoms with E-state index in [2.05, 4.69) is 29.9 Å². The van der Waals surface area contributed by atoms with Gasteiger partial charge in [0.15, 0.2) is 0 Å². The number of nitrogens with zero attached hydrogens (tertiary/aromatic N) is 3. The SMILES string of the molecule is Cc1cc(O)c2c(c1)C([C@@H](C)CCC(O)C(C)(C)N=[N+]=[N-])CC[C@H]2C. The second-order valence-corrected chi connectivity index (χ2v) is 8.29. The summed E-state index contributed by atoms with van der Waals surface area (Å²) in [6, 6.07) is 4.07. The van der Waals surface area contributed by atoms with Crippen LogP contribution in [0.5, 0.6) is 5.75 Å². The van der Waals surface area contributed by atoms with Crippen molar-refractivity contribution < 1.29 is 10.2 Å². The van der Waals surface area contributed by atoms with E-state index in [-0.39, 0.29) is 0 Å². The summed E-state index contributed by atoms with van der Waals surface area (Å²) in [5.74, 6) is 1.59. The van der Waals surface area contributed by atoms with Gasteiger partial charge in [0, 0.05) is 10.5 Å². The third-order valence-corrected chi connectivity index (χ3v) is 5.84. The maximum Gasteiger partial charge on any atom is 0.119 e. The fourth-order valence-electron chi connectivity index (χ4n) is 4.13. The number of hydrogen-bond acceptors (Lipinski definition) is 3. The molecule has 2 unspecified atom stereocenters. The highest BCUT2D eigenvalue weighted by atomic mass is 16.3. The third-order valence-electron chi connectivity index (χ3n) is 5.84. The van der Waals surface area contributed by atoms with E-state index < -0.39 is 11.6 Å². The van der Waals surface area contributed by atoms with Gasteiger partial charge in [-0.1, -0.05) is 38.9 Å². The summed E-state index contributed by atoms with van der Waals surface area (Å²) in [4.78, 5) is 2.84. The topological polar surface area (TPSA) is 89.2 Å².